The number of aryl methyl sites for hydroxylation is 2. The molecule has 1 aromatic carbocycles. The van der Waals surface area contributed by atoms with Gasteiger partial charge in [-0.25, -0.2) is 4.39 Å². The third kappa shape index (κ3) is 2.52. The monoisotopic (exact) mass is 260 g/mol. The van der Waals surface area contributed by atoms with Crippen molar-refractivity contribution in [3.05, 3.63) is 52.6 Å². The largest absolute Gasteiger partial charge is 0.346 e. The second kappa shape index (κ2) is 4.88. The molecule has 0 atom stereocenters. The summed E-state index contributed by atoms with van der Waals surface area (Å²) in [5, 5.41) is 2.82. The highest BCUT2D eigenvalue weighted by Crippen LogP contribution is 2.21. The van der Waals surface area contributed by atoms with Crippen molar-refractivity contribution in [1.82, 2.24) is 4.57 Å². The zero-order valence-corrected chi connectivity index (χ0v) is 11.5. The van der Waals surface area contributed by atoms with Crippen molar-refractivity contribution < 1.29 is 9.18 Å². The van der Waals surface area contributed by atoms with Gasteiger partial charge >= 0.3 is 0 Å². The van der Waals surface area contributed by atoms with E-state index >= 15 is 0 Å². The molecule has 0 aliphatic rings. The number of anilines is 1. The Labute approximate surface area is 112 Å². The molecule has 2 aromatic rings. The highest BCUT2D eigenvalue weighted by molar-refractivity contribution is 6.03. The molecule has 3 nitrogen and oxygen atoms in total. The zero-order chi connectivity index (χ0) is 14.2. The van der Waals surface area contributed by atoms with Gasteiger partial charge in [0.1, 0.15) is 11.5 Å². The van der Waals surface area contributed by atoms with Crippen LogP contribution in [0.4, 0.5) is 10.1 Å². The third-order valence-corrected chi connectivity index (χ3v) is 3.34. The highest BCUT2D eigenvalue weighted by atomic mass is 19.1. The molecule has 0 fully saturated rings. The smallest absolute Gasteiger partial charge is 0.272 e. The van der Waals surface area contributed by atoms with Crippen LogP contribution in [0, 0.1) is 26.6 Å². The summed E-state index contributed by atoms with van der Waals surface area (Å²) in [6.07, 6.45) is 1.89. The van der Waals surface area contributed by atoms with Crippen LogP contribution in [-0.4, -0.2) is 10.5 Å². The van der Waals surface area contributed by atoms with Gasteiger partial charge in [-0.15, -0.1) is 0 Å². The third-order valence-electron chi connectivity index (χ3n) is 3.34. The van der Waals surface area contributed by atoms with Gasteiger partial charge in [0.15, 0.2) is 0 Å². The lowest BCUT2D eigenvalue weighted by Gasteiger charge is -2.11. The second-order valence-electron chi connectivity index (χ2n) is 4.81. The molecular formula is C15H17FN2O. The molecule has 1 amide bonds. The van der Waals surface area contributed by atoms with E-state index in [4.69, 9.17) is 0 Å². The number of hydrogen-bond acceptors (Lipinski definition) is 1. The van der Waals surface area contributed by atoms with E-state index in [-0.39, 0.29) is 11.7 Å². The minimum atomic E-state index is -0.259. The molecule has 1 N–H and O–H groups in total. The Morgan fingerprint density at radius 3 is 2.47 bits per heavy atom. The number of nitrogens with one attached hydrogen (secondary N) is 1. The average molecular weight is 260 g/mol. The second-order valence-corrected chi connectivity index (χ2v) is 4.81. The zero-order valence-electron chi connectivity index (χ0n) is 11.5. The molecule has 1 aromatic heterocycles. The fraction of sp³-hybridized carbons (Fsp3) is 0.267. The van der Waals surface area contributed by atoms with Crippen LogP contribution in [0.1, 0.15) is 27.2 Å². The van der Waals surface area contributed by atoms with E-state index in [1.54, 1.807) is 24.5 Å². The van der Waals surface area contributed by atoms with E-state index in [1.807, 2.05) is 26.2 Å². The number of benzene rings is 1. The first kappa shape index (κ1) is 13.3. The fourth-order valence-corrected chi connectivity index (χ4v) is 2.06. The van der Waals surface area contributed by atoms with Crippen LogP contribution in [0.5, 0.6) is 0 Å². The van der Waals surface area contributed by atoms with Crippen LogP contribution in [0.2, 0.25) is 0 Å². The van der Waals surface area contributed by atoms with Crippen molar-refractivity contribution in [2.24, 2.45) is 7.05 Å². The number of nitrogens with zero attached hydrogens (tertiary/aromatic N) is 1. The highest BCUT2D eigenvalue weighted by Gasteiger charge is 2.13. The Morgan fingerprint density at radius 2 is 1.89 bits per heavy atom. The molecule has 0 unspecified atom stereocenters. The topological polar surface area (TPSA) is 34.0 Å². The molecule has 4 heteroatoms. The predicted octanol–water partition coefficient (Wildman–Crippen LogP) is 3.34. The summed E-state index contributed by atoms with van der Waals surface area (Å²) in [7, 11) is 1.82. The first-order chi connectivity index (χ1) is 8.90. The number of hydrogen-bond donors (Lipinski definition) is 1. The Hall–Kier alpha value is -2.10. The quantitative estimate of drug-likeness (QED) is 0.882. The lowest BCUT2D eigenvalue weighted by molar-refractivity contribution is 0.101. The van der Waals surface area contributed by atoms with Crippen molar-refractivity contribution in [1.29, 1.82) is 0 Å². The van der Waals surface area contributed by atoms with Crippen molar-refractivity contribution in [3.63, 3.8) is 0 Å². The summed E-state index contributed by atoms with van der Waals surface area (Å²) in [5.41, 5.74) is 3.56. The Kier molecular flexibility index (Phi) is 3.42. The van der Waals surface area contributed by atoms with Crippen molar-refractivity contribution in [2.75, 3.05) is 5.32 Å². The summed E-state index contributed by atoms with van der Waals surface area (Å²) in [6.45, 7) is 5.43. The molecule has 0 aliphatic heterocycles. The normalized spacial score (nSPS) is 10.6. The van der Waals surface area contributed by atoms with Gasteiger partial charge < -0.3 is 9.88 Å². The molecule has 2 rings (SSSR count). The standard InChI is InChI=1S/C15H17FN2O/c1-9-7-14(18(4)8-9)15(19)17-13-6-5-12(16)10(2)11(13)3/h5-8H,1-4H3,(H,17,19). The first-order valence-electron chi connectivity index (χ1n) is 6.10. The Bertz CT molecular complexity index is 644. The molecule has 0 saturated carbocycles. The van der Waals surface area contributed by atoms with E-state index < -0.39 is 0 Å². The summed E-state index contributed by atoms with van der Waals surface area (Å²) in [6, 6.07) is 4.78. The molecule has 0 bridgehead atoms. The van der Waals surface area contributed by atoms with Crippen molar-refractivity contribution in [2.45, 2.75) is 20.8 Å². The Morgan fingerprint density at radius 1 is 1.21 bits per heavy atom. The van der Waals surface area contributed by atoms with Crippen molar-refractivity contribution in [3.8, 4) is 0 Å². The predicted molar refractivity (Wildman–Crippen MR) is 74.0 cm³/mol. The SMILES string of the molecule is Cc1cc(C(=O)Nc2ccc(F)c(C)c2C)n(C)c1. The number of halogens is 1. The van der Waals surface area contributed by atoms with Gasteiger partial charge in [0.2, 0.25) is 0 Å². The van der Waals surface area contributed by atoms with E-state index in [2.05, 4.69) is 5.32 Å². The summed E-state index contributed by atoms with van der Waals surface area (Å²) in [4.78, 5) is 12.2. The molecule has 0 saturated heterocycles. The number of rotatable bonds is 2. The lowest BCUT2D eigenvalue weighted by atomic mass is 10.1. The van der Waals surface area contributed by atoms with Gasteiger partial charge in [-0.3, -0.25) is 4.79 Å². The molecule has 100 valence electrons. The van der Waals surface area contributed by atoms with Crippen molar-refractivity contribution >= 4 is 11.6 Å². The summed E-state index contributed by atoms with van der Waals surface area (Å²) < 4.78 is 15.1. The molecule has 0 radical (unpaired) electrons. The van der Waals surface area contributed by atoms with Crippen LogP contribution in [0.25, 0.3) is 0 Å². The van der Waals surface area contributed by atoms with Crippen LogP contribution in [0.3, 0.4) is 0 Å². The maximum absolute atomic E-state index is 13.4. The summed E-state index contributed by atoms with van der Waals surface area (Å²) >= 11 is 0. The van der Waals surface area contributed by atoms with E-state index in [0.717, 1.165) is 11.1 Å². The van der Waals surface area contributed by atoms with Gasteiger partial charge in [0.05, 0.1) is 0 Å². The number of amides is 1. The minimum Gasteiger partial charge on any atom is -0.346 e. The van der Waals surface area contributed by atoms with E-state index in [1.165, 1.54) is 6.07 Å². The molecule has 19 heavy (non-hydrogen) atoms. The van der Waals surface area contributed by atoms with Crippen LogP contribution in [0.15, 0.2) is 24.4 Å². The van der Waals surface area contributed by atoms with Crippen LogP contribution in [-0.2, 0) is 7.05 Å². The van der Waals surface area contributed by atoms with Gasteiger partial charge in [-0.05, 0) is 55.7 Å². The maximum Gasteiger partial charge on any atom is 0.272 e. The minimum absolute atomic E-state index is 0.190. The fourth-order valence-electron chi connectivity index (χ4n) is 2.06. The molecule has 0 spiro atoms. The number of aromatic nitrogens is 1. The molecule has 1 heterocycles. The van der Waals surface area contributed by atoms with Gasteiger partial charge in [0.25, 0.3) is 5.91 Å². The van der Waals surface area contributed by atoms with Crippen LogP contribution < -0.4 is 5.32 Å². The van der Waals surface area contributed by atoms with E-state index in [9.17, 15) is 9.18 Å². The lowest BCUT2D eigenvalue weighted by Crippen LogP contribution is -2.16. The van der Waals surface area contributed by atoms with E-state index in [0.29, 0.717) is 16.9 Å². The van der Waals surface area contributed by atoms with Gasteiger partial charge in [0, 0.05) is 18.9 Å². The van der Waals surface area contributed by atoms with Gasteiger partial charge in [-0.1, -0.05) is 0 Å². The number of carbonyl (C=O) groups excluding carboxylic acids is 1. The van der Waals surface area contributed by atoms with Crippen LogP contribution >= 0.6 is 0 Å². The maximum atomic E-state index is 13.4. The number of carbonyl (C=O) groups is 1. The molecular weight excluding hydrogens is 243 g/mol. The molecule has 0 aliphatic carbocycles. The summed E-state index contributed by atoms with van der Waals surface area (Å²) in [5.74, 6) is -0.449. The average Bonchev–Trinajstić information content (AvgIpc) is 2.69. The first-order valence-corrected chi connectivity index (χ1v) is 6.10. The Balaban J connectivity index is 2.29. The van der Waals surface area contributed by atoms with Gasteiger partial charge in [-0.2, -0.15) is 0 Å².